The Morgan fingerprint density at radius 1 is 0.958 bits per heavy atom. The monoisotopic (exact) mass is 382 g/mol. The normalized spacial score (nSPS) is 20.0. The lowest BCUT2D eigenvalue weighted by molar-refractivity contribution is -0.530. The van der Waals surface area contributed by atoms with E-state index in [2.05, 4.69) is 18.9 Å². The molecule has 0 spiro atoms. The molecule has 1 atom stereocenters. The van der Waals surface area contributed by atoms with Crippen LogP contribution in [0.15, 0.2) is 0 Å². The molecule has 1 saturated heterocycles. The summed E-state index contributed by atoms with van der Waals surface area (Å²) in [4.78, 5) is 10.5. The molecule has 0 bridgehead atoms. The summed E-state index contributed by atoms with van der Waals surface area (Å²) < 4.78 is 128. The molecule has 15 heteroatoms. The van der Waals surface area contributed by atoms with Gasteiger partial charge >= 0.3 is 30.8 Å². The van der Waals surface area contributed by atoms with Crippen LogP contribution in [-0.4, -0.2) is 56.8 Å². The number of hydrogen-bond acceptors (Lipinski definition) is 6. The first kappa shape index (κ1) is 20.6. The summed E-state index contributed by atoms with van der Waals surface area (Å²) in [5.74, 6) is 0. The predicted molar refractivity (Wildman–Crippen MR) is 50.1 cm³/mol. The molecule has 0 radical (unpaired) electrons. The molecule has 0 saturated carbocycles. The topological polar surface area (TPSA) is 63.2 Å². The number of carbonyl (C=O) groups excluding carboxylic acids is 1. The molecule has 6 nitrogen and oxygen atoms in total. The number of halogens is 9. The number of carbonyl (C=O) groups is 1. The Labute approximate surface area is 126 Å². The van der Waals surface area contributed by atoms with Gasteiger partial charge in [-0.2, -0.15) is 26.3 Å². The van der Waals surface area contributed by atoms with Crippen LogP contribution >= 0.6 is 0 Å². The van der Waals surface area contributed by atoms with Crippen LogP contribution in [-0.2, 0) is 23.7 Å². The molecule has 24 heavy (non-hydrogen) atoms. The van der Waals surface area contributed by atoms with Crippen LogP contribution in [0.1, 0.15) is 0 Å². The Morgan fingerprint density at radius 3 is 1.96 bits per heavy atom. The van der Waals surface area contributed by atoms with E-state index in [9.17, 15) is 44.3 Å². The van der Waals surface area contributed by atoms with Gasteiger partial charge in [-0.05, 0) is 0 Å². The second-order valence-corrected chi connectivity index (χ2v) is 4.14. The molecular weight excluding hydrogens is 375 g/mol. The summed E-state index contributed by atoms with van der Waals surface area (Å²) >= 11 is 0. The average molecular weight is 382 g/mol. The van der Waals surface area contributed by atoms with Crippen LogP contribution in [0.4, 0.5) is 44.3 Å². The maximum atomic E-state index is 13.0. The van der Waals surface area contributed by atoms with Crippen LogP contribution in [0.3, 0.4) is 0 Å². The van der Waals surface area contributed by atoms with E-state index in [4.69, 9.17) is 0 Å². The molecule has 142 valence electrons. The van der Waals surface area contributed by atoms with Crippen molar-refractivity contribution in [1.29, 1.82) is 0 Å². The van der Waals surface area contributed by atoms with E-state index in [0.717, 1.165) is 0 Å². The van der Waals surface area contributed by atoms with Gasteiger partial charge in [0.05, 0.1) is 6.61 Å². The van der Waals surface area contributed by atoms with Gasteiger partial charge in [-0.25, -0.2) is 14.3 Å². The molecule has 1 fully saturated rings. The molecule has 1 aliphatic heterocycles. The molecule has 1 aliphatic rings. The van der Waals surface area contributed by atoms with Gasteiger partial charge in [0.1, 0.15) is 13.2 Å². The lowest BCUT2D eigenvalue weighted by atomic mass is 10.4. The minimum atomic E-state index is -6.43. The summed E-state index contributed by atoms with van der Waals surface area (Å²) in [6.45, 7) is -3.26. The van der Waals surface area contributed by atoms with E-state index in [-0.39, 0.29) is 0 Å². The summed E-state index contributed by atoms with van der Waals surface area (Å²) in [7, 11) is 0. The van der Waals surface area contributed by atoms with Crippen molar-refractivity contribution < 1.29 is 68.0 Å². The van der Waals surface area contributed by atoms with Gasteiger partial charge in [-0.3, -0.25) is 0 Å². The highest BCUT2D eigenvalue weighted by Gasteiger charge is 2.67. The first-order valence-corrected chi connectivity index (χ1v) is 5.65. The van der Waals surface area contributed by atoms with Crippen molar-refractivity contribution >= 4 is 6.16 Å². The van der Waals surface area contributed by atoms with Gasteiger partial charge in [0.25, 0.3) is 0 Å². The van der Waals surface area contributed by atoms with Crippen LogP contribution in [0.25, 0.3) is 0 Å². The zero-order chi connectivity index (χ0) is 18.8. The highest BCUT2D eigenvalue weighted by Crippen LogP contribution is 2.43. The highest BCUT2D eigenvalue weighted by atomic mass is 19.4. The fraction of sp³-hybridized carbons (Fsp3) is 0.889. The quantitative estimate of drug-likeness (QED) is 0.475. The third-order valence-electron chi connectivity index (χ3n) is 2.08. The Hall–Kier alpha value is -1.48. The van der Waals surface area contributed by atoms with Crippen molar-refractivity contribution in [1.82, 2.24) is 0 Å². The zero-order valence-electron chi connectivity index (χ0n) is 11.0. The summed E-state index contributed by atoms with van der Waals surface area (Å²) in [5, 5.41) is 0. The van der Waals surface area contributed by atoms with Crippen molar-refractivity contribution in [3.05, 3.63) is 0 Å². The summed E-state index contributed by atoms with van der Waals surface area (Å²) in [6.07, 6.45) is -26.4. The number of cyclic esters (lactones) is 2. The maximum absolute atomic E-state index is 13.0. The second-order valence-electron chi connectivity index (χ2n) is 4.14. The fourth-order valence-corrected chi connectivity index (χ4v) is 1.24. The van der Waals surface area contributed by atoms with Gasteiger partial charge in [0, 0.05) is 0 Å². The smallest absolute Gasteiger partial charge is 0.430 e. The molecule has 0 N–H and O–H groups in total. The molecule has 0 amide bonds. The minimum absolute atomic E-state index is 0.404. The van der Waals surface area contributed by atoms with Gasteiger partial charge < -0.3 is 14.2 Å². The first-order valence-electron chi connectivity index (χ1n) is 5.65. The van der Waals surface area contributed by atoms with E-state index in [1.807, 2.05) is 0 Å². The van der Waals surface area contributed by atoms with Crippen molar-refractivity contribution in [3.8, 4) is 0 Å². The molecule has 1 unspecified atom stereocenters. The largest absolute Gasteiger partial charge is 0.527 e. The fourth-order valence-electron chi connectivity index (χ4n) is 1.24. The van der Waals surface area contributed by atoms with Crippen LogP contribution < -0.4 is 0 Å². The van der Waals surface area contributed by atoms with Crippen LogP contribution in [0.5, 0.6) is 0 Å². The zero-order valence-corrected chi connectivity index (χ0v) is 11.0. The molecule has 0 aromatic heterocycles. The Kier molecular flexibility index (Phi) is 5.82. The third kappa shape index (κ3) is 6.20. The van der Waals surface area contributed by atoms with E-state index in [0.29, 0.717) is 0 Å². The van der Waals surface area contributed by atoms with E-state index in [1.54, 1.807) is 4.74 Å². The lowest BCUT2D eigenvalue weighted by Crippen LogP contribution is -2.52. The van der Waals surface area contributed by atoms with E-state index < -0.39 is 56.8 Å². The predicted octanol–water partition coefficient (Wildman–Crippen LogP) is 2.87. The third-order valence-corrected chi connectivity index (χ3v) is 2.08. The van der Waals surface area contributed by atoms with Gasteiger partial charge in [-0.1, -0.05) is 0 Å². The SMILES string of the molecule is O=C1OCC(COCC(F)(F)OC(F)(F)C(F)(F)OC(F)(F)F)O1. The summed E-state index contributed by atoms with van der Waals surface area (Å²) in [5.41, 5.74) is 0. The molecule has 1 rings (SSSR count). The van der Waals surface area contributed by atoms with Gasteiger partial charge in [0.2, 0.25) is 0 Å². The van der Waals surface area contributed by atoms with Crippen molar-refractivity contribution in [2.24, 2.45) is 0 Å². The first-order chi connectivity index (χ1) is 10.6. The Morgan fingerprint density at radius 2 is 1.50 bits per heavy atom. The van der Waals surface area contributed by atoms with Crippen LogP contribution in [0, 0.1) is 0 Å². The Balaban J connectivity index is 2.55. The van der Waals surface area contributed by atoms with Crippen molar-refractivity contribution in [3.63, 3.8) is 0 Å². The molecule has 0 aromatic carbocycles. The lowest BCUT2D eigenvalue weighted by Gasteiger charge is -2.29. The minimum Gasteiger partial charge on any atom is -0.430 e. The summed E-state index contributed by atoms with van der Waals surface area (Å²) in [6, 6.07) is 0. The molecule has 1 heterocycles. The Bertz CT molecular complexity index is 451. The van der Waals surface area contributed by atoms with Gasteiger partial charge in [-0.15, -0.1) is 13.2 Å². The molecule has 0 aromatic rings. The van der Waals surface area contributed by atoms with Crippen molar-refractivity contribution in [2.75, 3.05) is 19.8 Å². The maximum Gasteiger partial charge on any atom is 0.527 e. The number of rotatable bonds is 8. The number of hydrogen-bond donors (Lipinski definition) is 0. The van der Waals surface area contributed by atoms with E-state index >= 15 is 0 Å². The second kappa shape index (κ2) is 6.79. The van der Waals surface area contributed by atoms with Crippen LogP contribution in [0.2, 0.25) is 0 Å². The van der Waals surface area contributed by atoms with E-state index in [1.165, 1.54) is 0 Å². The molecular formula is C9H7F9O6. The molecule has 0 aliphatic carbocycles. The number of alkyl halides is 9. The average Bonchev–Trinajstić information content (AvgIpc) is 2.69. The number of ether oxygens (including phenoxy) is 5. The standard InChI is InChI=1S/C9H7F9O6/c10-6(11,3-20-1-4-2-21-5(19)22-4)23-7(12,13)8(14,15)24-9(16,17)18/h4H,1-3H2. The van der Waals surface area contributed by atoms with Crippen molar-refractivity contribution in [2.45, 2.75) is 30.8 Å². The highest BCUT2D eigenvalue weighted by molar-refractivity contribution is 5.61. The van der Waals surface area contributed by atoms with Gasteiger partial charge in [0.15, 0.2) is 6.10 Å².